The normalized spacial score (nSPS) is 10.0. The van der Waals surface area contributed by atoms with Gasteiger partial charge in [-0.3, -0.25) is 43.2 Å². The van der Waals surface area contributed by atoms with Crippen molar-refractivity contribution in [3.63, 3.8) is 0 Å². The zero-order chi connectivity index (χ0) is 62.0. The van der Waals surface area contributed by atoms with Crippen molar-refractivity contribution in [2.45, 2.75) is 116 Å². The van der Waals surface area contributed by atoms with Crippen LogP contribution in [0.2, 0.25) is 0 Å². The molecule has 4 atom stereocenters. The van der Waals surface area contributed by atoms with Crippen molar-refractivity contribution >= 4 is 84.5 Å². The van der Waals surface area contributed by atoms with E-state index in [4.69, 9.17) is 106 Å². The predicted octanol–water partition coefficient (Wildman–Crippen LogP) is -2.09. The van der Waals surface area contributed by atoms with E-state index in [0.717, 1.165) is 50.4 Å². The summed E-state index contributed by atoms with van der Waals surface area (Å²) in [6.07, 6.45) is 5.06. The zero-order valence-corrected chi connectivity index (χ0v) is 47.8. The summed E-state index contributed by atoms with van der Waals surface area (Å²) in [5, 5.41) is 81.8. The maximum Gasteiger partial charge on any atom is 0.320 e. The molecule has 3 aromatic rings. The third-order valence-electron chi connectivity index (χ3n) is 7.79. The molecule has 0 radical (unpaired) electrons. The van der Waals surface area contributed by atoms with E-state index < -0.39 is 83.9 Å². The second-order valence-electron chi connectivity index (χ2n) is 15.3. The van der Waals surface area contributed by atoms with Crippen molar-refractivity contribution in [1.29, 1.82) is 0 Å². The smallest absolute Gasteiger partial charge is 0.320 e. The van der Waals surface area contributed by atoms with Gasteiger partial charge in [0.05, 0.1) is 25.8 Å². The van der Waals surface area contributed by atoms with Gasteiger partial charge in [0.2, 0.25) is 0 Å². The molecule has 0 aromatic heterocycles. The van der Waals surface area contributed by atoms with Gasteiger partial charge in [-0.15, -0.1) is 24.8 Å². The fourth-order valence-electron chi connectivity index (χ4n) is 4.18. The molecular formula is C50H90Cl2N8O22. The standard InChI is InChI=1S/3C8H8O2.4C5H12N2O2.3C2H4O2.2ClH.2H2O/c3*9-8(10)6-7-4-2-1-3-5-7;4*6-3-1-2-4(7)5(8)9;3*1-2(3)4;;;;/h3*1-5H,6H2,(H,9,10);4*4H,1-3,6-7H2,(H,8,9);3*1H3,(H,3,4);2*1H;2*1H2/t;;;4*4-;;;;;;;/m...0000......./s1. The molecule has 0 aliphatic rings. The summed E-state index contributed by atoms with van der Waals surface area (Å²) in [6, 6.07) is 24.5. The first-order chi connectivity index (χ1) is 36.3. The van der Waals surface area contributed by atoms with Crippen LogP contribution in [-0.4, -0.2) is 167 Å². The van der Waals surface area contributed by atoms with Crippen LogP contribution in [-0.2, 0) is 67.2 Å². The summed E-state index contributed by atoms with van der Waals surface area (Å²) in [7, 11) is 0. The number of rotatable bonds is 22. The van der Waals surface area contributed by atoms with E-state index in [-0.39, 0.29) is 55.0 Å². The molecule has 0 aliphatic heterocycles. The van der Waals surface area contributed by atoms with Crippen LogP contribution in [0.5, 0.6) is 0 Å². The van der Waals surface area contributed by atoms with Crippen molar-refractivity contribution < 1.29 is 116 Å². The van der Waals surface area contributed by atoms with Gasteiger partial charge >= 0.3 is 41.8 Å². The molecule has 30 nitrogen and oxygen atoms in total. The highest BCUT2D eigenvalue weighted by atomic mass is 35.5. The molecule has 0 bridgehead atoms. The Morgan fingerprint density at radius 2 is 0.561 bits per heavy atom. The molecule has 0 aliphatic carbocycles. The summed E-state index contributed by atoms with van der Waals surface area (Å²) in [5.74, 6) is -8.90. The molecule has 0 fully saturated rings. The van der Waals surface area contributed by atoms with Crippen molar-refractivity contribution in [1.82, 2.24) is 0 Å². The summed E-state index contributed by atoms with van der Waals surface area (Å²) >= 11 is 0. The molecule has 3 rings (SSSR count). The quantitative estimate of drug-likeness (QED) is 0.0513. The Hall–Kier alpha value is -7.46. The molecule has 82 heavy (non-hydrogen) atoms. The van der Waals surface area contributed by atoms with Gasteiger partial charge in [0.25, 0.3) is 11.9 Å². The van der Waals surface area contributed by atoms with E-state index in [0.29, 0.717) is 64.6 Å². The largest absolute Gasteiger partial charge is 0.550 e. The lowest BCUT2D eigenvalue weighted by molar-refractivity contribution is -0.368. The maximum absolute atomic E-state index is 10.2. The minimum Gasteiger partial charge on any atom is -0.550 e. The van der Waals surface area contributed by atoms with Crippen molar-refractivity contribution in [2.75, 3.05) is 26.2 Å². The number of aliphatic carboxylic acids is 10. The molecule has 0 saturated carbocycles. The predicted molar refractivity (Wildman–Crippen MR) is 307 cm³/mol. The number of benzene rings is 3. The fourth-order valence-corrected chi connectivity index (χ4v) is 4.18. The van der Waals surface area contributed by atoms with Crippen molar-refractivity contribution in [2.24, 2.45) is 40.1 Å². The molecule has 0 saturated heterocycles. The van der Waals surface area contributed by atoms with Crippen LogP contribution < -0.4 is 51.0 Å². The van der Waals surface area contributed by atoms with Crippen LogP contribution in [0, 0.1) is 0 Å². The van der Waals surface area contributed by atoms with Crippen LogP contribution in [0.15, 0.2) is 91.0 Å². The van der Waals surface area contributed by atoms with Gasteiger partial charge in [-0.05, 0) is 94.6 Å². The second-order valence-corrected chi connectivity index (χ2v) is 15.3. The number of hydrogen-bond acceptors (Lipinski definition) is 18. The number of quaternary nitrogens is 1. The number of nitrogens with two attached hydrogens (primary N) is 7. The summed E-state index contributed by atoms with van der Waals surface area (Å²) in [5.41, 5.74) is 42.1. The third kappa shape index (κ3) is 101. The Kier molecular flexibility index (Phi) is 87.1. The lowest BCUT2D eigenvalue weighted by Crippen LogP contribution is -2.50. The summed E-state index contributed by atoms with van der Waals surface area (Å²) < 4.78 is 0. The number of halogens is 2. The van der Waals surface area contributed by atoms with Gasteiger partial charge < -0.3 is 113 Å². The Balaban J connectivity index is -0.0000000766. The average molecular weight is 1230 g/mol. The molecule has 0 amide bonds. The van der Waals surface area contributed by atoms with Crippen molar-refractivity contribution in [3.8, 4) is 0 Å². The van der Waals surface area contributed by atoms with Gasteiger partial charge in [-0.25, -0.2) is 0 Å². The van der Waals surface area contributed by atoms with Gasteiger partial charge in [-0.2, -0.15) is 0 Å². The lowest BCUT2D eigenvalue weighted by atomic mass is 10.2. The Labute approximate surface area is 488 Å². The number of carboxylic acids is 10. The molecule has 32 heteroatoms. The monoisotopic (exact) mass is 1220 g/mol. The first-order valence-electron chi connectivity index (χ1n) is 23.5. The van der Waals surface area contributed by atoms with Crippen LogP contribution in [0.1, 0.15) is 88.8 Å². The van der Waals surface area contributed by atoms with Gasteiger partial charge in [-0.1, -0.05) is 91.0 Å². The van der Waals surface area contributed by atoms with E-state index in [1.54, 1.807) is 36.4 Å². The maximum atomic E-state index is 10.2. The number of carboxylic acid groups (broad SMARTS) is 10. The molecule has 0 spiro atoms. The van der Waals surface area contributed by atoms with Gasteiger partial charge in [0.1, 0.15) is 24.2 Å². The van der Waals surface area contributed by atoms with Crippen molar-refractivity contribution in [3.05, 3.63) is 108 Å². The van der Waals surface area contributed by atoms with E-state index in [1.807, 2.05) is 54.6 Å². The highest BCUT2D eigenvalue weighted by molar-refractivity contribution is 5.85. The van der Waals surface area contributed by atoms with Crippen LogP contribution in [0.3, 0.4) is 0 Å². The van der Waals surface area contributed by atoms with E-state index in [1.165, 1.54) is 0 Å². The van der Waals surface area contributed by atoms with Gasteiger partial charge in [0.15, 0.2) is 0 Å². The Morgan fingerprint density at radius 3 is 0.683 bits per heavy atom. The second kappa shape index (κ2) is 71.6. The first-order valence-corrected chi connectivity index (χ1v) is 23.5. The minimum absolute atomic E-state index is 0. The fraction of sp³-hybridized carbons (Fsp3) is 0.440. The SMILES string of the molecule is CC(=O)O.CC(=O)O.CC(=O)[O-].Cl.Cl.NCCC[C@H](N)C(=O)O.NCCC[C@H](N)C(=O)O.NCCC[C@H](N)C(=O)O.N[C@@H](CCC[NH3+])C(=O)O.O.O.O=C(O)Cc1ccccc1.O=C(O)Cc1ccccc1.O=C(O)Cc1ccccc1. The molecule has 3 aromatic carbocycles. The van der Waals surface area contributed by atoms with E-state index >= 15 is 0 Å². The molecule has 0 heterocycles. The van der Waals surface area contributed by atoms with E-state index in [9.17, 15) is 33.6 Å². The zero-order valence-electron chi connectivity index (χ0n) is 46.2. The lowest BCUT2D eigenvalue weighted by Gasteiger charge is -2.02. The first kappa shape index (κ1) is 99.8. The Bertz CT molecular complexity index is 1780. The number of hydrogen-bond donors (Lipinski definition) is 17. The van der Waals surface area contributed by atoms with E-state index in [2.05, 4.69) is 5.73 Å². The Morgan fingerprint density at radius 1 is 0.402 bits per heavy atom. The molecule has 0 unspecified atom stereocenters. The average Bonchev–Trinajstić information content (AvgIpc) is 3.34. The topological polar surface area (TPSA) is 649 Å². The minimum atomic E-state index is -1.08. The molecular weight excluding hydrogens is 1140 g/mol. The van der Waals surface area contributed by atoms with Crippen LogP contribution in [0.4, 0.5) is 0 Å². The van der Waals surface area contributed by atoms with Crippen LogP contribution >= 0.6 is 24.8 Å². The summed E-state index contributed by atoms with van der Waals surface area (Å²) in [6.45, 7) is 5.39. The third-order valence-corrected chi connectivity index (χ3v) is 7.79. The van der Waals surface area contributed by atoms with Gasteiger partial charge in [0, 0.05) is 19.8 Å². The summed E-state index contributed by atoms with van der Waals surface area (Å²) in [4.78, 5) is 97.6. The highest BCUT2D eigenvalue weighted by Gasteiger charge is 2.11. The number of carbonyl (C=O) groups is 10. The number of carbonyl (C=O) groups excluding carboxylic acids is 1. The molecule has 30 N–H and O–H groups in total. The van der Waals surface area contributed by atoms with Crippen LogP contribution in [0.25, 0.3) is 0 Å². The highest BCUT2D eigenvalue weighted by Crippen LogP contribution is 2.00. The molecule has 476 valence electrons.